The van der Waals surface area contributed by atoms with Crippen molar-refractivity contribution in [2.45, 2.75) is 37.5 Å². The van der Waals surface area contributed by atoms with Crippen LogP contribution in [-0.4, -0.2) is 14.1 Å². The minimum Gasteiger partial charge on any atom is -0.509 e. The van der Waals surface area contributed by atoms with Gasteiger partial charge in [0.25, 0.3) is 0 Å². The topological polar surface area (TPSA) is 38.5 Å². The summed E-state index contributed by atoms with van der Waals surface area (Å²) in [5.41, 5.74) is 12.5. The van der Waals surface area contributed by atoms with Gasteiger partial charge < -0.3 is 23.7 Å². The van der Waals surface area contributed by atoms with Gasteiger partial charge in [0.05, 0.1) is 11.0 Å². The quantitative estimate of drug-likeness (QED) is 0.142. The molecule has 0 radical (unpaired) electrons. The zero-order valence-corrected chi connectivity index (χ0v) is 43.4. The molecule has 4 bridgehead atoms. The summed E-state index contributed by atoms with van der Waals surface area (Å²) in [4.78, 5) is 9.67. The molecule has 0 amide bonds. The van der Waals surface area contributed by atoms with Crippen LogP contribution >= 0.6 is 0 Å². The summed E-state index contributed by atoms with van der Waals surface area (Å²) in [6.07, 6.45) is 8.69. The molecule has 6 nitrogen and oxygen atoms in total. The second-order valence-corrected chi connectivity index (χ2v) is 21.3. The average Bonchev–Trinajstić information content (AvgIpc) is 4.19. The Hall–Kier alpha value is -7.92. The molecule has 3 aromatic heterocycles. The first kappa shape index (κ1) is 44.6. The number of pyridine rings is 1. The standard InChI is InChI=1S/C68H50N5O.Pt/c1-2-17-55-46(13-1)14-11-21-60(55)68(48-36-44-35-45(38-48)39-49(68)37-44)47-33-34-69-67(40-47)73-63-24-8-5-20-58(63)59-32-31-54(42-66(59)73)74-53-16-12-15-52(41-53)71-43-70(64-25-9-10-26-65(64)71)50-27-29-51(30-28-50)72-61-22-6-3-18-56(61)57-19-4-7-23-62(57)72;/h1-34,40,43-45,48-49H,35-39H2;/q-3;. The fourth-order valence-corrected chi connectivity index (χ4v) is 14.8. The van der Waals surface area contributed by atoms with Crippen LogP contribution < -0.4 is 14.5 Å². The van der Waals surface area contributed by atoms with Gasteiger partial charge in [0.1, 0.15) is 5.82 Å². The molecule has 0 spiro atoms. The molecule has 7 heteroatoms. The van der Waals surface area contributed by atoms with Crippen LogP contribution in [0.4, 0.5) is 22.7 Å². The van der Waals surface area contributed by atoms with Gasteiger partial charge in [-0.15, -0.1) is 48.1 Å². The van der Waals surface area contributed by atoms with E-state index in [2.05, 4.69) is 232 Å². The van der Waals surface area contributed by atoms with Crippen molar-refractivity contribution >= 4 is 77.1 Å². The first-order valence-electron chi connectivity index (χ1n) is 26.4. The van der Waals surface area contributed by atoms with E-state index in [-0.39, 0.29) is 26.5 Å². The number of aromatic nitrogens is 3. The van der Waals surface area contributed by atoms with Crippen LogP contribution in [-0.2, 0) is 26.5 Å². The average molecular weight is 1150 g/mol. The van der Waals surface area contributed by atoms with E-state index in [0.717, 1.165) is 62.5 Å². The molecule has 75 heavy (non-hydrogen) atoms. The summed E-state index contributed by atoms with van der Waals surface area (Å²) in [6, 6.07) is 82.0. The second-order valence-electron chi connectivity index (χ2n) is 21.3. The molecule has 0 N–H and O–H groups in total. The number of nitrogens with zero attached hydrogens (tertiary/aromatic N) is 5. The normalized spacial score (nSPS) is 20.6. The molecule has 9 aromatic carbocycles. The maximum atomic E-state index is 6.78. The molecule has 4 saturated carbocycles. The number of fused-ring (bicyclic) bond motifs is 8. The van der Waals surface area contributed by atoms with Crippen molar-refractivity contribution in [1.82, 2.24) is 14.1 Å². The summed E-state index contributed by atoms with van der Waals surface area (Å²) < 4.78 is 11.5. The van der Waals surface area contributed by atoms with Crippen molar-refractivity contribution in [3.63, 3.8) is 0 Å². The van der Waals surface area contributed by atoms with Crippen LogP contribution in [0.1, 0.15) is 43.2 Å². The Kier molecular flexibility index (Phi) is 10.3. The van der Waals surface area contributed by atoms with Gasteiger partial charge >= 0.3 is 0 Å². The van der Waals surface area contributed by atoms with Crippen LogP contribution in [0.5, 0.6) is 11.5 Å². The van der Waals surface area contributed by atoms with Gasteiger partial charge in [-0.25, -0.2) is 4.98 Å². The van der Waals surface area contributed by atoms with Crippen LogP contribution in [0.2, 0.25) is 0 Å². The smallest absolute Gasteiger partial charge is 0.135 e. The van der Waals surface area contributed by atoms with Crippen LogP contribution in [0.15, 0.2) is 212 Å². The first-order chi connectivity index (χ1) is 36.6. The maximum Gasteiger partial charge on any atom is 0.135 e. The van der Waals surface area contributed by atoms with Gasteiger partial charge in [-0.05, 0) is 150 Å². The van der Waals surface area contributed by atoms with Crippen LogP contribution in [0, 0.1) is 42.5 Å². The number of ether oxygens (including phenoxy) is 1. The molecule has 5 aliphatic rings. The second kappa shape index (κ2) is 17.3. The summed E-state index contributed by atoms with van der Waals surface area (Å²) in [5.74, 6) is 5.01. The fourth-order valence-electron chi connectivity index (χ4n) is 14.8. The number of rotatable bonds is 8. The van der Waals surface area contributed by atoms with Crippen LogP contribution in [0.3, 0.4) is 0 Å². The van der Waals surface area contributed by atoms with E-state index in [1.54, 1.807) is 0 Å². The Morgan fingerprint density at radius 3 is 1.77 bits per heavy atom. The number of anilines is 4. The predicted octanol–water partition coefficient (Wildman–Crippen LogP) is 17.0. The summed E-state index contributed by atoms with van der Waals surface area (Å²) in [6.45, 7) is 2.15. The number of benzene rings is 9. The van der Waals surface area contributed by atoms with E-state index in [4.69, 9.17) is 9.72 Å². The minimum atomic E-state index is -0.0904. The summed E-state index contributed by atoms with van der Waals surface area (Å²) in [7, 11) is 0. The molecule has 4 heterocycles. The molecular weight excluding hydrogens is 1100 g/mol. The molecular formula is C68H50N5OPt-3. The fraction of sp³-hybridized carbons (Fsp3) is 0.147. The minimum absolute atomic E-state index is 0. The van der Waals surface area contributed by atoms with Crippen LogP contribution in [0.25, 0.3) is 65.9 Å². The molecule has 366 valence electrons. The van der Waals surface area contributed by atoms with E-state index in [0.29, 0.717) is 23.3 Å². The molecule has 12 aromatic rings. The Morgan fingerprint density at radius 1 is 0.480 bits per heavy atom. The van der Waals surface area contributed by atoms with Gasteiger partial charge in [-0.3, -0.25) is 0 Å². The maximum absolute atomic E-state index is 6.78. The van der Waals surface area contributed by atoms with Crippen molar-refractivity contribution in [2.24, 2.45) is 23.7 Å². The summed E-state index contributed by atoms with van der Waals surface area (Å²) >= 11 is 0. The van der Waals surface area contributed by atoms with E-state index >= 15 is 0 Å². The molecule has 0 saturated heterocycles. The third-order valence-corrected chi connectivity index (χ3v) is 17.5. The molecule has 0 unspecified atom stereocenters. The van der Waals surface area contributed by atoms with Crippen molar-refractivity contribution in [3.05, 3.63) is 242 Å². The van der Waals surface area contributed by atoms with E-state index < -0.39 is 0 Å². The van der Waals surface area contributed by atoms with Gasteiger partial charge in [-0.2, -0.15) is 12.1 Å². The van der Waals surface area contributed by atoms with Crippen molar-refractivity contribution in [1.29, 1.82) is 0 Å². The summed E-state index contributed by atoms with van der Waals surface area (Å²) in [5, 5.41) is 7.50. The van der Waals surface area contributed by atoms with Crippen molar-refractivity contribution in [2.75, 3.05) is 9.80 Å². The molecule has 17 rings (SSSR count). The molecule has 4 fully saturated rings. The van der Waals surface area contributed by atoms with Gasteiger partial charge in [0, 0.05) is 83.2 Å². The van der Waals surface area contributed by atoms with Gasteiger partial charge in [-0.1, -0.05) is 115 Å². The van der Waals surface area contributed by atoms with E-state index in [1.807, 2.05) is 18.2 Å². The SMILES string of the molecule is [Pt].[c-]1c(Oc2[c-]c3c(cc2)c2ccccc2n3-c2cc(C3(c4cccc5ccccc45)C4CC5CC(C4)CC3C5)ccn2)cccc1N1[CH-]N(c2ccc(-n3c4ccccc4c4ccccc43)cc2)c2ccccc21. The Bertz CT molecular complexity index is 4120. The third kappa shape index (κ3) is 6.78. The first-order valence-corrected chi connectivity index (χ1v) is 26.4. The Morgan fingerprint density at radius 2 is 1.05 bits per heavy atom. The zero-order valence-electron chi connectivity index (χ0n) is 41.1. The van der Waals surface area contributed by atoms with Crippen molar-refractivity contribution in [3.8, 4) is 23.0 Å². The number of para-hydroxylation sites is 5. The van der Waals surface area contributed by atoms with Crippen molar-refractivity contribution < 1.29 is 25.8 Å². The predicted molar refractivity (Wildman–Crippen MR) is 300 cm³/mol. The molecule has 0 atom stereocenters. The van der Waals surface area contributed by atoms with E-state index in [9.17, 15) is 0 Å². The molecule has 4 aliphatic carbocycles. The Balaban J connectivity index is 0.00000495. The number of hydrogen-bond donors (Lipinski definition) is 0. The van der Waals surface area contributed by atoms with E-state index in [1.165, 1.54) is 81.2 Å². The Labute approximate surface area is 450 Å². The zero-order chi connectivity index (χ0) is 48.5. The molecule has 1 aliphatic heterocycles. The van der Waals surface area contributed by atoms with Gasteiger partial charge in [0.2, 0.25) is 0 Å². The van der Waals surface area contributed by atoms with Gasteiger partial charge in [0.15, 0.2) is 0 Å². The largest absolute Gasteiger partial charge is 0.509 e. The number of hydrogen-bond acceptors (Lipinski definition) is 4. The monoisotopic (exact) mass is 1150 g/mol. The third-order valence-electron chi connectivity index (χ3n) is 17.5.